The quantitative estimate of drug-likeness (QED) is 0.859. The lowest BCUT2D eigenvalue weighted by Crippen LogP contribution is -2.35. The highest BCUT2D eigenvalue weighted by atomic mass is 16.5. The molecule has 0 fully saturated rings. The molecule has 140 valence electrons. The Balaban J connectivity index is 2.22. The van der Waals surface area contributed by atoms with Crippen LogP contribution in [0.3, 0.4) is 0 Å². The molecule has 7 nitrogen and oxygen atoms in total. The Bertz CT molecular complexity index is 895. The highest BCUT2D eigenvalue weighted by Crippen LogP contribution is 2.47. The molecule has 2 aliphatic heterocycles. The Morgan fingerprint density at radius 2 is 2.07 bits per heavy atom. The van der Waals surface area contributed by atoms with Gasteiger partial charge in [-0.1, -0.05) is 12.1 Å². The summed E-state index contributed by atoms with van der Waals surface area (Å²) in [4.78, 5) is 16.8. The summed E-state index contributed by atoms with van der Waals surface area (Å²) in [6, 6.07) is 7.48. The normalized spacial score (nSPS) is 21.8. The van der Waals surface area contributed by atoms with E-state index in [1.807, 2.05) is 13.8 Å². The van der Waals surface area contributed by atoms with Gasteiger partial charge in [-0.05, 0) is 26.8 Å². The van der Waals surface area contributed by atoms with Crippen LogP contribution in [0.5, 0.6) is 11.5 Å². The van der Waals surface area contributed by atoms with E-state index in [9.17, 15) is 10.1 Å². The summed E-state index contributed by atoms with van der Waals surface area (Å²) < 4.78 is 17.0. The second-order valence-electron chi connectivity index (χ2n) is 6.26. The van der Waals surface area contributed by atoms with Crippen LogP contribution in [-0.4, -0.2) is 30.7 Å². The van der Waals surface area contributed by atoms with Gasteiger partial charge in [0.15, 0.2) is 11.5 Å². The van der Waals surface area contributed by atoms with Crippen LogP contribution in [0.1, 0.15) is 38.7 Å². The Morgan fingerprint density at radius 1 is 1.33 bits per heavy atom. The molecule has 0 saturated carbocycles. The molecule has 0 saturated heterocycles. The molecule has 0 bridgehead atoms. The smallest absolute Gasteiger partial charge is 0.276 e. The van der Waals surface area contributed by atoms with Crippen molar-refractivity contribution in [3.05, 3.63) is 35.1 Å². The number of nitrogens with one attached hydrogen (secondary N) is 1. The van der Waals surface area contributed by atoms with E-state index in [4.69, 9.17) is 19.6 Å². The van der Waals surface area contributed by atoms with E-state index in [0.29, 0.717) is 53.7 Å². The van der Waals surface area contributed by atoms with Crippen LogP contribution in [0.4, 0.5) is 0 Å². The van der Waals surface area contributed by atoms with Crippen molar-refractivity contribution in [3.63, 3.8) is 0 Å². The van der Waals surface area contributed by atoms with Crippen molar-refractivity contribution >= 4 is 17.5 Å². The summed E-state index contributed by atoms with van der Waals surface area (Å²) in [7, 11) is 0. The van der Waals surface area contributed by atoms with Gasteiger partial charge in [0.25, 0.3) is 5.91 Å². The molecule has 1 aromatic carbocycles. The number of allylic oxidation sites excluding steroid dienone is 1. The highest BCUT2D eigenvalue weighted by Gasteiger charge is 2.44. The van der Waals surface area contributed by atoms with Crippen molar-refractivity contribution in [2.45, 2.75) is 33.1 Å². The number of aliphatic imine (C=N–C) groups is 1. The van der Waals surface area contributed by atoms with Crippen LogP contribution in [0, 0.1) is 22.7 Å². The van der Waals surface area contributed by atoms with E-state index in [1.165, 1.54) is 0 Å². The molecule has 2 heterocycles. The third-order valence-electron chi connectivity index (χ3n) is 4.47. The number of benzene rings is 1. The van der Waals surface area contributed by atoms with Crippen LogP contribution >= 0.6 is 0 Å². The number of ether oxygens (including phenoxy) is 3. The number of dihydropyridines is 1. The third kappa shape index (κ3) is 3.31. The third-order valence-corrected chi connectivity index (χ3v) is 4.47. The van der Waals surface area contributed by atoms with Crippen molar-refractivity contribution in [2.75, 3.05) is 13.2 Å². The Labute approximate surface area is 157 Å². The Morgan fingerprint density at radius 3 is 2.74 bits per heavy atom. The number of amides is 1. The van der Waals surface area contributed by atoms with Crippen LogP contribution < -0.4 is 9.47 Å². The van der Waals surface area contributed by atoms with Gasteiger partial charge in [-0.2, -0.15) is 5.26 Å². The number of para-hydroxylation sites is 1. The van der Waals surface area contributed by atoms with E-state index in [-0.39, 0.29) is 5.90 Å². The number of nitrogens with zero attached hydrogens (tertiary/aromatic N) is 2. The van der Waals surface area contributed by atoms with Gasteiger partial charge in [0.2, 0.25) is 5.90 Å². The molecule has 7 heteroatoms. The van der Waals surface area contributed by atoms with Crippen molar-refractivity contribution in [1.29, 1.82) is 10.7 Å². The van der Waals surface area contributed by atoms with Gasteiger partial charge >= 0.3 is 0 Å². The first kappa shape index (κ1) is 18.6. The van der Waals surface area contributed by atoms with Crippen LogP contribution in [0.15, 0.2) is 34.5 Å². The maximum Gasteiger partial charge on any atom is 0.276 e. The fraction of sp³-hybridized carbons (Fsp3) is 0.400. The summed E-state index contributed by atoms with van der Waals surface area (Å²) in [5.74, 6) is -0.846. The maximum absolute atomic E-state index is 12.7. The molecule has 1 aromatic rings. The maximum atomic E-state index is 12.7. The first-order valence-corrected chi connectivity index (χ1v) is 8.87. The number of hydrogen-bond donors (Lipinski definition) is 1. The van der Waals surface area contributed by atoms with Gasteiger partial charge in [-0.15, -0.1) is 0 Å². The number of hydrogen-bond acceptors (Lipinski definition) is 6. The van der Waals surface area contributed by atoms with Gasteiger partial charge in [0, 0.05) is 23.6 Å². The molecule has 0 spiro atoms. The van der Waals surface area contributed by atoms with Gasteiger partial charge in [0.05, 0.1) is 24.9 Å². The minimum absolute atomic E-state index is 0.173. The molecular formula is C20H21N3O4. The summed E-state index contributed by atoms with van der Waals surface area (Å²) in [6.07, 6.45) is 0.340. The molecule has 2 unspecified atom stereocenters. The zero-order valence-electron chi connectivity index (χ0n) is 15.5. The van der Waals surface area contributed by atoms with Crippen molar-refractivity contribution in [1.82, 2.24) is 0 Å². The minimum Gasteiger partial charge on any atom is -0.490 e. The lowest BCUT2D eigenvalue weighted by molar-refractivity contribution is -0.115. The predicted octanol–water partition coefficient (Wildman–Crippen LogP) is 3.36. The summed E-state index contributed by atoms with van der Waals surface area (Å²) in [5, 5.41) is 17.9. The zero-order valence-corrected chi connectivity index (χ0v) is 15.5. The molecule has 2 aliphatic rings. The molecule has 3 rings (SSSR count). The zero-order chi connectivity index (χ0) is 19.6. The monoisotopic (exact) mass is 367 g/mol. The molecule has 27 heavy (non-hydrogen) atoms. The first-order chi connectivity index (χ1) is 13.0. The van der Waals surface area contributed by atoms with E-state index in [0.717, 1.165) is 0 Å². The van der Waals surface area contributed by atoms with E-state index in [1.54, 1.807) is 25.1 Å². The number of nitriles is 1. The lowest BCUT2D eigenvalue weighted by atomic mass is 9.76. The van der Waals surface area contributed by atoms with Crippen molar-refractivity contribution in [3.8, 4) is 17.6 Å². The summed E-state index contributed by atoms with van der Waals surface area (Å²) in [5.41, 5.74) is 1.56. The van der Waals surface area contributed by atoms with E-state index in [2.05, 4.69) is 11.1 Å². The number of carbonyl (C=O) groups is 1. The predicted molar refractivity (Wildman–Crippen MR) is 99.2 cm³/mol. The van der Waals surface area contributed by atoms with Crippen LogP contribution in [0.25, 0.3) is 0 Å². The largest absolute Gasteiger partial charge is 0.490 e. The van der Waals surface area contributed by atoms with Gasteiger partial charge < -0.3 is 14.2 Å². The second kappa shape index (κ2) is 7.62. The number of rotatable bonds is 5. The standard InChI is InChI=1S/C20H21N3O4/c1-4-25-14-8-6-7-12(18(14)26-5-2)16-13(10-21)19(22)27-15-9-11(3)23-20(24)17(15)16/h6-8,13,16,22H,4-5,9H2,1-3H3. The fourth-order valence-electron chi connectivity index (χ4n) is 3.45. The fourth-order valence-corrected chi connectivity index (χ4v) is 3.45. The van der Waals surface area contributed by atoms with Crippen LogP contribution in [-0.2, 0) is 9.53 Å². The molecule has 1 amide bonds. The molecule has 0 radical (unpaired) electrons. The Kier molecular flexibility index (Phi) is 5.26. The summed E-state index contributed by atoms with van der Waals surface area (Å²) in [6.45, 7) is 6.30. The van der Waals surface area contributed by atoms with Crippen molar-refractivity contribution < 1.29 is 19.0 Å². The molecular weight excluding hydrogens is 346 g/mol. The average Bonchev–Trinajstić information content (AvgIpc) is 2.62. The number of carbonyl (C=O) groups excluding carboxylic acids is 1. The average molecular weight is 367 g/mol. The first-order valence-electron chi connectivity index (χ1n) is 8.87. The SMILES string of the molecule is CCOc1cccc(C2C3=C(CC(C)=NC3=O)OC(=N)C2C#N)c1OCC. The second-order valence-corrected chi connectivity index (χ2v) is 6.26. The van der Waals surface area contributed by atoms with E-state index < -0.39 is 17.7 Å². The minimum atomic E-state index is -0.947. The van der Waals surface area contributed by atoms with Gasteiger partial charge in [-0.3, -0.25) is 10.2 Å². The van der Waals surface area contributed by atoms with E-state index >= 15 is 0 Å². The summed E-state index contributed by atoms with van der Waals surface area (Å²) >= 11 is 0. The lowest BCUT2D eigenvalue weighted by Gasteiger charge is -2.33. The molecule has 1 N–H and O–H groups in total. The van der Waals surface area contributed by atoms with Crippen LogP contribution in [0.2, 0.25) is 0 Å². The topological polar surface area (TPSA) is 105 Å². The molecule has 0 aliphatic carbocycles. The molecule has 2 atom stereocenters. The highest BCUT2D eigenvalue weighted by molar-refractivity contribution is 6.09. The van der Waals surface area contributed by atoms with Gasteiger partial charge in [-0.25, -0.2) is 4.99 Å². The van der Waals surface area contributed by atoms with Gasteiger partial charge in [0.1, 0.15) is 11.7 Å². The Hall–Kier alpha value is -3.14. The molecule has 0 aromatic heterocycles. The van der Waals surface area contributed by atoms with Crippen molar-refractivity contribution in [2.24, 2.45) is 10.9 Å².